The van der Waals surface area contributed by atoms with E-state index in [-0.39, 0.29) is 23.0 Å². The molecule has 154 valence electrons. The van der Waals surface area contributed by atoms with Crippen molar-refractivity contribution in [3.8, 4) is 11.5 Å². The van der Waals surface area contributed by atoms with Crippen molar-refractivity contribution in [2.24, 2.45) is 0 Å². The maximum absolute atomic E-state index is 13.5. The Kier molecular flexibility index (Phi) is 5.19. The number of ether oxygens (including phenoxy) is 3. The fraction of sp³-hybridized carbons (Fsp3) is 0.211. The van der Waals surface area contributed by atoms with E-state index >= 15 is 0 Å². The van der Waals surface area contributed by atoms with Crippen LogP contribution in [0, 0.1) is 0 Å². The molecule has 1 unspecified atom stereocenters. The van der Waals surface area contributed by atoms with Crippen LogP contribution in [0.15, 0.2) is 47.0 Å². The first kappa shape index (κ1) is 19.6. The molecule has 4 rings (SSSR count). The predicted molar refractivity (Wildman–Crippen MR) is 107 cm³/mol. The van der Waals surface area contributed by atoms with E-state index in [9.17, 15) is 9.59 Å². The van der Waals surface area contributed by atoms with Gasteiger partial charge in [-0.05, 0) is 39.6 Å². The Bertz CT molecular complexity index is 1140. The van der Waals surface area contributed by atoms with Gasteiger partial charge in [0.1, 0.15) is 11.7 Å². The van der Waals surface area contributed by atoms with Crippen LogP contribution in [0.3, 0.4) is 0 Å². The molecule has 0 fully saturated rings. The number of ketones is 1. The molecule has 0 saturated heterocycles. The number of nitrogens with zero attached hydrogens (tertiary/aromatic N) is 4. The highest BCUT2D eigenvalue weighted by Crippen LogP contribution is 2.40. The minimum Gasteiger partial charge on any atom is -0.493 e. The largest absolute Gasteiger partial charge is 0.493 e. The fourth-order valence-corrected chi connectivity index (χ4v) is 3.94. The molecule has 0 bridgehead atoms. The number of Topliss-reactive ketones (excluding diaryl/α,β-unsaturated/α-hetero) is 1. The van der Waals surface area contributed by atoms with Gasteiger partial charge in [0.15, 0.2) is 11.5 Å². The second-order valence-corrected chi connectivity index (χ2v) is 7.12. The minimum absolute atomic E-state index is 0.0158. The van der Waals surface area contributed by atoms with Gasteiger partial charge in [-0.3, -0.25) is 4.79 Å². The van der Waals surface area contributed by atoms with E-state index in [2.05, 4.69) is 20.8 Å². The summed E-state index contributed by atoms with van der Waals surface area (Å²) in [5.74, 6) is 0.160. The Labute approximate surface area is 175 Å². The molecule has 11 heteroatoms. The minimum atomic E-state index is -0.792. The first-order chi connectivity index (χ1) is 14.6. The Hall–Kier alpha value is -3.73. The van der Waals surface area contributed by atoms with Crippen LogP contribution in [-0.4, -0.2) is 53.3 Å². The van der Waals surface area contributed by atoms with E-state index in [1.807, 2.05) is 0 Å². The number of hydrogen-bond donors (Lipinski definition) is 1. The summed E-state index contributed by atoms with van der Waals surface area (Å²) in [6, 6.07) is 7.86. The zero-order valence-electron chi connectivity index (χ0n) is 16.3. The number of aromatic nitrogens is 4. The molecule has 1 aromatic carbocycles. The second kappa shape index (κ2) is 7.95. The zero-order chi connectivity index (χ0) is 21.3. The number of carbonyl (C=O) groups excluding carboxylic acids is 2. The Morgan fingerprint density at radius 3 is 2.60 bits per heavy atom. The van der Waals surface area contributed by atoms with Gasteiger partial charge in [0.25, 0.3) is 0 Å². The van der Waals surface area contributed by atoms with Gasteiger partial charge in [-0.15, -0.1) is 11.3 Å². The molecule has 1 atom stereocenters. The van der Waals surface area contributed by atoms with Crippen molar-refractivity contribution in [3.05, 3.63) is 57.4 Å². The molecule has 1 aliphatic rings. The van der Waals surface area contributed by atoms with Crippen LogP contribution in [0.4, 0.5) is 5.95 Å². The standard InChI is InChI=1S/C19H17N5O5S/c1-27-11-7-6-10(9-12(11)28-2)16-14(17(25)13-5-4-8-30-13)15(18(26)29-3)20-19-21-22-23-24(16)19/h4-9,16H,1-3H3,(H,20,21,23). The molecule has 0 saturated carbocycles. The number of nitrogens with one attached hydrogen (secondary N) is 1. The number of allylic oxidation sites excluding steroid dienone is 1. The molecule has 0 radical (unpaired) electrons. The highest BCUT2D eigenvalue weighted by atomic mass is 32.1. The summed E-state index contributed by atoms with van der Waals surface area (Å²) < 4.78 is 17.1. The van der Waals surface area contributed by atoms with E-state index in [0.717, 1.165) is 0 Å². The third-order valence-corrected chi connectivity index (χ3v) is 5.49. The third kappa shape index (κ3) is 3.18. The van der Waals surface area contributed by atoms with Crippen LogP contribution in [0.2, 0.25) is 0 Å². The molecule has 10 nitrogen and oxygen atoms in total. The lowest BCUT2D eigenvalue weighted by atomic mass is 9.91. The predicted octanol–water partition coefficient (Wildman–Crippen LogP) is 2.08. The summed E-state index contributed by atoms with van der Waals surface area (Å²) in [5, 5.41) is 16.3. The van der Waals surface area contributed by atoms with Crippen LogP contribution < -0.4 is 14.8 Å². The van der Waals surface area contributed by atoms with Gasteiger partial charge < -0.3 is 19.5 Å². The average Bonchev–Trinajstić information content (AvgIpc) is 3.48. The van der Waals surface area contributed by atoms with Gasteiger partial charge in [-0.25, -0.2) is 4.79 Å². The number of fused-ring (bicyclic) bond motifs is 1. The Balaban J connectivity index is 1.96. The van der Waals surface area contributed by atoms with Crippen molar-refractivity contribution in [2.75, 3.05) is 26.6 Å². The van der Waals surface area contributed by atoms with Crippen molar-refractivity contribution in [3.63, 3.8) is 0 Å². The lowest BCUT2D eigenvalue weighted by Crippen LogP contribution is -2.32. The monoisotopic (exact) mass is 427 g/mol. The SMILES string of the molecule is COC(=O)C1=C(C(=O)c2cccs2)C(c2ccc(OC)c(OC)c2)n2nnnc2N1. The van der Waals surface area contributed by atoms with Gasteiger partial charge in [0.2, 0.25) is 11.7 Å². The van der Waals surface area contributed by atoms with Gasteiger partial charge in [0.05, 0.1) is 31.8 Å². The molecule has 0 amide bonds. The molecule has 30 heavy (non-hydrogen) atoms. The fourth-order valence-electron chi connectivity index (χ4n) is 3.26. The number of rotatable bonds is 6. The van der Waals surface area contributed by atoms with Crippen molar-refractivity contribution < 1.29 is 23.8 Å². The lowest BCUT2D eigenvalue weighted by Gasteiger charge is -2.28. The number of thiophene rings is 1. The summed E-state index contributed by atoms with van der Waals surface area (Å²) in [5.41, 5.74) is 0.776. The second-order valence-electron chi connectivity index (χ2n) is 6.18. The summed E-state index contributed by atoms with van der Waals surface area (Å²) in [6.07, 6.45) is 0. The average molecular weight is 427 g/mol. The number of carbonyl (C=O) groups is 2. The van der Waals surface area contributed by atoms with Gasteiger partial charge in [0, 0.05) is 0 Å². The highest BCUT2D eigenvalue weighted by Gasteiger charge is 2.39. The van der Waals surface area contributed by atoms with Gasteiger partial charge in [-0.2, -0.15) is 4.68 Å². The summed E-state index contributed by atoms with van der Waals surface area (Å²) in [6.45, 7) is 0. The summed E-state index contributed by atoms with van der Waals surface area (Å²) in [4.78, 5) is 26.5. The molecule has 1 aliphatic heterocycles. The van der Waals surface area contributed by atoms with E-state index in [1.165, 1.54) is 37.3 Å². The Morgan fingerprint density at radius 1 is 1.13 bits per heavy atom. The molecule has 0 spiro atoms. The van der Waals surface area contributed by atoms with Crippen LogP contribution in [0.25, 0.3) is 0 Å². The zero-order valence-corrected chi connectivity index (χ0v) is 17.1. The molecule has 3 aromatic rings. The number of tetrazole rings is 1. The normalized spacial score (nSPS) is 15.2. The third-order valence-electron chi connectivity index (χ3n) is 4.62. The lowest BCUT2D eigenvalue weighted by molar-refractivity contribution is -0.136. The van der Waals surface area contributed by atoms with Gasteiger partial charge >= 0.3 is 5.97 Å². The molecule has 2 aromatic heterocycles. The van der Waals surface area contributed by atoms with Crippen molar-refractivity contribution in [1.82, 2.24) is 20.2 Å². The van der Waals surface area contributed by atoms with E-state index in [1.54, 1.807) is 35.7 Å². The summed E-state index contributed by atoms with van der Waals surface area (Å²) in [7, 11) is 4.29. The maximum atomic E-state index is 13.5. The molecule has 0 aliphatic carbocycles. The Morgan fingerprint density at radius 2 is 1.93 bits per heavy atom. The van der Waals surface area contributed by atoms with Crippen molar-refractivity contribution in [1.29, 1.82) is 0 Å². The number of anilines is 1. The van der Waals surface area contributed by atoms with Crippen LogP contribution in [0.1, 0.15) is 21.3 Å². The number of hydrogen-bond acceptors (Lipinski definition) is 10. The number of methoxy groups -OCH3 is 3. The smallest absolute Gasteiger partial charge is 0.355 e. The van der Waals surface area contributed by atoms with E-state index in [0.29, 0.717) is 21.9 Å². The highest BCUT2D eigenvalue weighted by molar-refractivity contribution is 7.12. The maximum Gasteiger partial charge on any atom is 0.355 e. The van der Waals surface area contributed by atoms with Crippen LogP contribution in [-0.2, 0) is 9.53 Å². The van der Waals surface area contributed by atoms with E-state index in [4.69, 9.17) is 14.2 Å². The first-order valence-corrected chi connectivity index (χ1v) is 9.64. The first-order valence-electron chi connectivity index (χ1n) is 8.76. The molecular formula is C19H17N5O5S. The van der Waals surface area contributed by atoms with Crippen LogP contribution in [0.5, 0.6) is 11.5 Å². The molecular weight excluding hydrogens is 410 g/mol. The van der Waals surface area contributed by atoms with E-state index < -0.39 is 12.0 Å². The van der Waals surface area contributed by atoms with Crippen LogP contribution >= 0.6 is 11.3 Å². The van der Waals surface area contributed by atoms with Crippen molar-refractivity contribution >= 4 is 29.0 Å². The van der Waals surface area contributed by atoms with Gasteiger partial charge in [-0.1, -0.05) is 17.2 Å². The number of benzene rings is 1. The topological polar surface area (TPSA) is 117 Å². The molecule has 3 heterocycles. The summed E-state index contributed by atoms with van der Waals surface area (Å²) >= 11 is 1.27. The van der Waals surface area contributed by atoms with Crippen molar-refractivity contribution in [2.45, 2.75) is 6.04 Å². The quantitative estimate of drug-likeness (QED) is 0.466. The molecule has 1 N–H and O–H groups in total. The number of esters is 1.